The summed E-state index contributed by atoms with van der Waals surface area (Å²) in [4.78, 5) is 30.0. The maximum atomic E-state index is 12.8. The highest BCUT2D eigenvalue weighted by atomic mass is 16.1. The molecule has 5 nitrogen and oxygen atoms in total. The molecule has 0 atom stereocenters. The second-order valence-corrected chi connectivity index (χ2v) is 11.3. The number of hydrogen-bond acceptors (Lipinski definition) is 3. The molecule has 0 unspecified atom stereocenters. The summed E-state index contributed by atoms with van der Waals surface area (Å²) in [6.45, 7) is 12.4. The Morgan fingerprint density at radius 2 is 1.53 bits per heavy atom. The Morgan fingerprint density at radius 3 is 2.24 bits per heavy atom. The number of carbonyl (C=O) groups is 1. The number of nitrogens with one attached hydrogen (secondary N) is 2. The van der Waals surface area contributed by atoms with Gasteiger partial charge in [-0.2, -0.15) is 0 Å². The molecule has 38 heavy (non-hydrogen) atoms. The van der Waals surface area contributed by atoms with Crippen molar-refractivity contribution < 1.29 is 4.79 Å². The van der Waals surface area contributed by atoms with E-state index in [1.54, 1.807) is 6.92 Å². The molecule has 0 radical (unpaired) electrons. The maximum absolute atomic E-state index is 12.8. The van der Waals surface area contributed by atoms with E-state index in [1.807, 2.05) is 18.2 Å². The van der Waals surface area contributed by atoms with Gasteiger partial charge in [-0.05, 0) is 92.9 Å². The van der Waals surface area contributed by atoms with Crippen molar-refractivity contribution in [3.05, 3.63) is 93.6 Å². The van der Waals surface area contributed by atoms with E-state index in [2.05, 4.69) is 87.1 Å². The van der Waals surface area contributed by atoms with Crippen LogP contribution in [0.1, 0.15) is 70.6 Å². The van der Waals surface area contributed by atoms with Gasteiger partial charge in [0.25, 0.3) is 0 Å². The molecule has 5 heteroatoms. The summed E-state index contributed by atoms with van der Waals surface area (Å²) in [6.07, 6.45) is 4.91. The third-order valence-electron chi connectivity index (χ3n) is 7.56. The number of hydrogen-bond donors (Lipinski definition) is 2. The summed E-state index contributed by atoms with van der Waals surface area (Å²) < 4.78 is 0. The van der Waals surface area contributed by atoms with Crippen LogP contribution in [0.15, 0.2) is 48.5 Å². The molecule has 2 N–H and O–H groups in total. The van der Waals surface area contributed by atoms with Crippen LogP contribution in [-0.2, 0) is 11.8 Å². The van der Waals surface area contributed by atoms with E-state index in [4.69, 9.17) is 9.97 Å². The van der Waals surface area contributed by atoms with Gasteiger partial charge in [-0.3, -0.25) is 9.78 Å². The molecule has 2 aliphatic heterocycles. The lowest BCUT2D eigenvalue weighted by atomic mass is 9.87. The van der Waals surface area contributed by atoms with Crippen molar-refractivity contribution >= 4 is 40.0 Å². The Hall–Kier alpha value is -4.25. The number of benzene rings is 1. The molecule has 3 aromatic heterocycles. The fourth-order valence-electron chi connectivity index (χ4n) is 5.85. The Kier molecular flexibility index (Phi) is 5.49. The molecule has 0 fully saturated rings. The largest absolute Gasteiger partial charge is 0.355 e. The number of rotatable bonds is 2. The first kappa shape index (κ1) is 24.1. The molecular weight excluding hydrogens is 468 g/mol. The minimum Gasteiger partial charge on any atom is -0.355 e. The van der Waals surface area contributed by atoms with Crippen molar-refractivity contribution in [3.63, 3.8) is 0 Å². The maximum Gasteiger partial charge on any atom is 0.161 e. The van der Waals surface area contributed by atoms with Crippen molar-refractivity contribution in [3.8, 4) is 11.1 Å². The van der Waals surface area contributed by atoms with Gasteiger partial charge in [-0.25, -0.2) is 4.98 Å². The zero-order valence-corrected chi connectivity index (χ0v) is 22.8. The second-order valence-electron chi connectivity index (χ2n) is 11.3. The predicted molar refractivity (Wildman–Crippen MR) is 156 cm³/mol. The number of aromatic nitrogens is 4. The highest BCUT2D eigenvalue weighted by Crippen LogP contribution is 2.36. The molecule has 190 valence electrons. The summed E-state index contributed by atoms with van der Waals surface area (Å²) in [7, 11) is 0. The summed E-state index contributed by atoms with van der Waals surface area (Å²) in [5.41, 5.74) is 13.6. The molecule has 0 amide bonds. The van der Waals surface area contributed by atoms with Gasteiger partial charge in [-0.1, -0.05) is 31.5 Å². The molecule has 0 spiro atoms. The summed E-state index contributed by atoms with van der Waals surface area (Å²) >= 11 is 0. The van der Waals surface area contributed by atoms with Crippen LogP contribution in [0.2, 0.25) is 0 Å². The van der Waals surface area contributed by atoms with Gasteiger partial charge >= 0.3 is 0 Å². The Balaban J connectivity index is 1.80. The number of ketones is 1. The number of Topliss-reactive ketones (excluding diaryl/α,β-unsaturated/α-hetero) is 1. The fraction of sp³-hybridized carbons (Fsp3) is 0.242. The fourth-order valence-corrected chi connectivity index (χ4v) is 5.85. The molecule has 4 aromatic rings. The Labute approximate surface area is 222 Å². The van der Waals surface area contributed by atoms with Crippen LogP contribution in [0.5, 0.6) is 0 Å². The number of fused-ring (bicyclic) bond motifs is 8. The highest BCUT2D eigenvalue weighted by molar-refractivity contribution is 6.05. The van der Waals surface area contributed by atoms with Gasteiger partial charge in [-0.15, -0.1) is 0 Å². The average Bonchev–Trinajstić information content (AvgIpc) is 3.59. The third-order valence-corrected chi connectivity index (χ3v) is 7.56. The molecule has 0 aliphatic carbocycles. The molecular formula is C33H32N4O. The van der Waals surface area contributed by atoms with Gasteiger partial charge in [0.15, 0.2) is 5.78 Å². The van der Waals surface area contributed by atoms with Crippen LogP contribution in [0.3, 0.4) is 0 Å². The molecule has 8 bridgehead atoms. The second kappa shape index (κ2) is 8.66. The zero-order valence-electron chi connectivity index (χ0n) is 22.8. The van der Waals surface area contributed by atoms with Gasteiger partial charge in [0.05, 0.1) is 16.9 Å². The van der Waals surface area contributed by atoms with Crippen molar-refractivity contribution in [1.82, 2.24) is 19.9 Å². The van der Waals surface area contributed by atoms with Gasteiger partial charge < -0.3 is 9.97 Å². The molecule has 2 aliphatic rings. The van der Waals surface area contributed by atoms with Gasteiger partial charge in [0, 0.05) is 50.9 Å². The Bertz CT molecular complexity index is 1810. The van der Waals surface area contributed by atoms with E-state index in [-0.39, 0.29) is 11.2 Å². The monoisotopic (exact) mass is 500 g/mol. The molecule has 0 saturated carbocycles. The van der Waals surface area contributed by atoms with E-state index in [9.17, 15) is 4.79 Å². The van der Waals surface area contributed by atoms with Crippen LogP contribution in [-0.4, -0.2) is 25.7 Å². The lowest BCUT2D eigenvalue weighted by Crippen LogP contribution is -2.14. The third kappa shape index (κ3) is 4.18. The first-order chi connectivity index (χ1) is 18.1. The highest BCUT2D eigenvalue weighted by Gasteiger charge is 2.28. The normalized spacial score (nSPS) is 14.2. The first-order valence-electron chi connectivity index (χ1n) is 13.1. The van der Waals surface area contributed by atoms with Crippen LogP contribution in [0.4, 0.5) is 0 Å². The smallest absolute Gasteiger partial charge is 0.161 e. The van der Waals surface area contributed by atoms with Crippen LogP contribution >= 0.6 is 0 Å². The predicted octanol–water partition coefficient (Wildman–Crippen LogP) is 7.80. The van der Waals surface area contributed by atoms with Crippen molar-refractivity contribution in [1.29, 1.82) is 0 Å². The van der Waals surface area contributed by atoms with E-state index < -0.39 is 0 Å². The topological polar surface area (TPSA) is 74.4 Å². The van der Waals surface area contributed by atoms with Crippen LogP contribution in [0.25, 0.3) is 45.3 Å². The molecule has 1 aromatic carbocycles. The minimum atomic E-state index is -0.115. The summed E-state index contributed by atoms with van der Waals surface area (Å²) in [5.74, 6) is 0.0186. The van der Waals surface area contributed by atoms with E-state index in [1.165, 1.54) is 16.7 Å². The van der Waals surface area contributed by atoms with E-state index >= 15 is 0 Å². The number of H-pyrrole nitrogens is 2. The van der Waals surface area contributed by atoms with Crippen LogP contribution < -0.4 is 0 Å². The SMILES string of the molecule is CC(=O)c1cc2[nH]c1cc1nc(cc3ccc(cc4nc(c2-c2c(C)cc(C)cc2C)C=C4)[nH]3)C(C)(C)C1. The number of aryl methyl sites for hydroxylation is 3. The van der Waals surface area contributed by atoms with Gasteiger partial charge in [0.1, 0.15) is 0 Å². The van der Waals surface area contributed by atoms with Crippen molar-refractivity contribution in [2.45, 2.75) is 53.4 Å². The van der Waals surface area contributed by atoms with E-state index in [0.29, 0.717) is 5.56 Å². The Morgan fingerprint density at radius 1 is 0.816 bits per heavy atom. The molecule has 6 rings (SSSR count). The van der Waals surface area contributed by atoms with Gasteiger partial charge in [0.2, 0.25) is 0 Å². The van der Waals surface area contributed by atoms with Crippen LogP contribution in [0, 0.1) is 20.8 Å². The minimum absolute atomic E-state index is 0.0186. The van der Waals surface area contributed by atoms with Crippen molar-refractivity contribution in [2.75, 3.05) is 0 Å². The average molecular weight is 501 g/mol. The van der Waals surface area contributed by atoms with Crippen molar-refractivity contribution in [2.24, 2.45) is 0 Å². The number of aromatic amines is 2. The molecule has 0 saturated heterocycles. The quantitative estimate of drug-likeness (QED) is 0.243. The molecule has 5 heterocycles. The standard InChI is InChI=1S/C33H32N4O/c1-18-11-19(2)31(20(3)12-18)32-27-10-9-23(35-27)13-22-7-8-24(34-22)15-30-33(5,6)17-25(36-30)14-28-26(21(4)38)16-29(32)37-28/h7-16,34,37H,17H2,1-6H3. The first-order valence-corrected chi connectivity index (χ1v) is 13.1. The zero-order chi connectivity index (χ0) is 26.8. The lowest BCUT2D eigenvalue weighted by Gasteiger charge is -2.15. The summed E-state index contributed by atoms with van der Waals surface area (Å²) in [5, 5.41) is 0. The summed E-state index contributed by atoms with van der Waals surface area (Å²) in [6, 6.07) is 16.8. The van der Waals surface area contributed by atoms with E-state index in [0.717, 1.165) is 62.4 Å². The number of nitrogens with zero attached hydrogens (tertiary/aromatic N) is 2. The number of carbonyl (C=O) groups excluding carboxylic acids is 1. The lowest BCUT2D eigenvalue weighted by molar-refractivity contribution is 0.101.